The number of alkyl halides is 3. The maximum atomic E-state index is 12.6. The smallest absolute Gasteiger partial charge is 0.385 e. The van der Waals surface area contributed by atoms with Gasteiger partial charge in [0.15, 0.2) is 6.61 Å². The molecule has 144 valence electrons. The zero-order chi connectivity index (χ0) is 20.6. The van der Waals surface area contributed by atoms with Crippen LogP contribution in [0.3, 0.4) is 0 Å². The van der Waals surface area contributed by atoms with Gasteiger partial charge in [-0.05, 0) is 42.5 Å². The van der Waals surface area contributed by atoms with Crippen LogP contribution in [0.5, 0.6) is 0 Å². The number of oxime groups is 1. The van der Waals surface area contributed by atoms with Crippen molar-refractivity contribution < 1.29 is 27.6 Å². The highest BCUT2D eigenvalue weighted by molar-refractivity contribution is 6.31. The Bertz CT molecular complexity index is 919. The minimum Gasteiger partial charge on any atom is -0.385 e. The van der Waals surface area contributed by atoms with Crippen molar-refractivity contribution in [1.82, 2.24) is 0 Å². The summed E-state index contributed by atoms with van der Waals surface area (Å²) in [6, 6.07) is 12.1. The SMILES string of the molecule is N#Cc1ccc(NC(=O)CON=CC(=O)Nc2cccc(C(F)(F)F)c2)cc1. The number of nitriles is 1. The summed E-state index contributed by atoms with van der Waals surface area (Å²) >= 11 is 0. The second-order valence-corrected chi connectivity index (χ2v) is 5.31. The van der Waals surface area contributed by atoms with Crippen molar-refractivity contribution in [2.24, 2.45) is 5.16 Å². The van der Waals surface area contributed by atoms with Crippen molar-refractivity contribution >= 4 is 29.4 Å². The van der Waals surface area contributed by atoms with Gasteiger partial charge in [-0.15, -0.1) is 0 Å². The number of hydrogen-bond acceptors (Lipinski definition) is 5. The van der Waals surface area contributed by atoms with E-state index in [1.54, 1.807) is 0 Å². The van der Waals surface area contributed by atoms with Crippen molar-refractivity contribution in [3.8, 4) is 6.07 Å². The summed E-state index contributed by atoms with van der Waals surface area (Å²) in [5, 5.41) is 16.7. The van der Waals surface area contributed by atoms with Crippen LogP contribution >= 0.6 is 0 Å². The molecule has 0 saturated carbocycles. The van der Waals surface area contributed by atoms with Crippen LogP contribution in [-0.2, 0) is 20.6 Å². The standard InChI is InChI=1S/C18H13F3N4O3/c19-18(20,21)13-2-1-3-15(8-13)25-16(26)10-23-28-11-17(27)24-14-6-4-12(9-22)5-7-14/h1-8,10H,11H2,(H,24,27)(H,25,26). The van der Waals surface area contributed by atoms with Gasteiger partial charge in [0.1, 0.15) is 6.21 Å². The molecule has 0 aliphatic heterocycles. The number of nitrogens with one attached hydrogen (secondary N) is 2. The van der Waals surface area contributed by atoms with Gasteiger partial charge >= 0.3 is 6.18 Å². The first-order chi connectivity index (χ1) is 13.3. The van der Waals surface area contributed by atoms with E-state index in [2.05, 4.69) is 20.6 Å². The predicted octanol–water partition coefficient (Wildman–Crippen LogP) is 3.16. The molecule has 2 N–H and O–H groups in total. The molecule has 10 heteroatoms. The third kappa shape index (κ3) is 6.45. The summed E-state index contributed by atoms with van der Waals surface area (Å²) in [7, 11) is 0. The van der Waals surface area contributed by atoms with E-state index in [9.17, 15) is 22.8 Å². The molecule has 0 bridgehead atoms. The van der Waals surface area contributed by atoms with Crippen molar-refractivity contribution in [1.29, 1.82) is 5.26 Å². The van der Waals surface area contributed by atoms with Gasteiger partial charge in [0.25, 0.3) is 11.8 Å². The van der Waals surface area contributed by atoms with E-state index in [0.717, 1.165) is 18.2 Å². The van der Waals surface area contributed by atoms with Gasteiger partial charge in [-0.25, -0.2) is 0 Å². The molecule has 0 radical (unpaired) electrons. The molecule has 0 heterocycles. The quantitative estimate of drug-likeness (QED) is 0.584. The molecule has 0 aliphatic rings. The summed E-state index contributed by atoms with van der Waals surface area (Å²) in [6.07, 6.45) is -3.84. The number of nitrogens with zero attached hydrogens (tertiary/aromatic N) is 2. The molecule has 0 saturated heterocycles. The van der Waals surface area contributed by atoms with Crippen LogP contribution in [0.15, 0.2) is 53.7 Å². The monoisotopic (exact) mass is 390 g/mol. The average Bonchev–Trinajstić information content (AvgIpc) is 2.65. The Kier molecular flexibility index (Phi) is 6.70. The number of halogens is 3. The van der Waals surface area contributed by atoms with E-state index >= 15 is 0 Å². The highest BCUT2D eigenvalue weighted by atomic mass is 19.4. The van der Waals surface area contributed by atoms with E-state index in [4.69, 9.17) is 5.26 Å². The van der Waals surface area contributed by atoms with Crippen LogP contribution in [0.2, 0.25) is 0 Å². The molecular weight excluding hydrogens is 377 g/mol. The Morgan fingerprint density at radius 1 is 1.11 bits per heavy atom. The molecule has 2 rings (SSSR count). The summed E-state index contributed by atoms with van der Waals surface area (Å²) < 4.78 is 37.8. The number of anilines is 2. The summed E-state index contributed by atoms with van der Waals surface area (Å²) in [6.45, 7) is -0.493. The molecule has 7 nitrogen and oxygen atoms in total. The molecule has 2 amide bonds. The zero-order valence-corrected chi connectivity index (χ0v) is 14.2. The molecule has 0 atom stereocenters. The number of carbonyl (C=O) groups is 2. The molecular formula is C18H13F3N4O3. The number of carbonyl (C=O) groups excluding carboxylic acids is 2. The van der Waals surface area contributed by atoms with Crippen LogP contribution in [0, 0.1) is 11.3 Å². The lowest BCUT2D eigenvalue weighted by atomic mass is 10.2. The van der Waals surface area contributed by atoms with Gasteiger partial charge < -0.3 is 15.5 Å². The lowest BCUT2D eigenvalue weighted by Crippen LogP contribution is -2.18. The molecule has 0 aliphatic carbocycles. The molecule has 0 aromatic heterocycles. The van der Waals surface area contributed by atoms with E-state index < -0.39 is 30.2 Å². The number of amides is 2. The zero-order valence-electron chi connectivity index (χ0n) is 14.2. The van der Waals surface area contributed by atoms with Crippen LogP contribution in [0.4, 0.5) is 24.5 Å². The van der Waals surface area contributed by atoms with Gasteiger partial charge in [0, 0.05) is 11.4 Å². The first-order valence-corrected chi connectivity index (χ1v) is 7.71. The molecule has 0 unspecified atom stereocenters. The van der Waals surface area contributed by atoms with Crippen molar-refractivity contribution in [3.05, 3.63) is 59.7 Å². The van der Waals surface area contributed by atoms with E-state index in [1.165, 1.54) is 30.3 Å². The van der Waals surface area contributed by atoms with Crippen molar-refractivity contribution in [3.63, 3.8) is 0 Å². The van der Waals surface area contributed by atoms with Gasteiger partial charge in [-0.1, -0.05) is 11.2 Å². The van der Waals surface area contributed by atoms with Crippen molar-refractivity contribution in [2.75, 3.05) is 17.2 Å². The molecule has 0 fully saturated rings. The largest absolute Gasteiger partial charge is 0.416 e. The second kappa shape index (κ2) is 9.18. The summed E-state index contributed by atoms with van der Waals surface area (Å²) in [5.41, 5.74) is -0.0905. The Morgan fingerprint density at radius 2 is 1.82 bits per heavy atom. The Labute approximate surface area is 157 Å². The van der Waals surface area contributed by atoms with Gasteiger partial charge in [0.05, 0.1) is 17.2 Å². The summed E-state index contributed by atoms with van der Waals surface area (Å²) in [5.74, 6) is -1.38. The predicted molar refractivity (Wildman–Crippen MR) is 94.3 cm³/mol. The minimum absolute atomic E-state index is 0.0650. The Morgan fingerprint density at radius 3 is 2.46 bits per heavy atom. The van der Waals surface area contributed by atoms with Crippen LogP contribution in [0.25, 0.3) is 0 Å². The maximum absolute atomic E-state index is 12.6. The minimum atomic E-state index is -4.53. The Balaban J connectivity index is 1.78. The fourth-order valence-electron chi connectivity index (χ4n) is 1.95. The molecule has 0 spiro atoms. The van der Waals surface area contributed by atoms with Gasteiger partial charge in [0.2, 0.25) is 0 Å². The number of hydrogen-bond donors (Lipinski definition) is 2. The van der Waals surface area contributed by atoms with Gasteiger partial charge in [-0.3, -0.25) is 9.59 Å². The van der Waals surface area contributed by atoms with E-state index in [0.29, 0.717) is 17.5 Å². The Hall–Kier alpha value is -3.87. The second-order valence-electron chi connectivity index (χ2n) is 5.31. The van der Waals surface area contributed by atoms with Crippen LogP contribution < -0.4 is 10.6 Å². The number of benzene rings is 2. The average molecular weight is 390 g/mol. The van der Waals surface area contributed by atoms with E-state index in [1.807, 2.05) is 6.07 Å². The molecule has 28 heavy (non-hydrogen) atoms. The van der Waals surface area contributed by atoms with Crippen LogP contribution in [-0.4, -0.2) is 24.6 Å². The van der Waals surface area contributed by atoms with E-state index in [-0.39, 0.29) is 5.69 Å². The first kappa shape index (κ1) is 20.4. The lowest BCUT2D eigenvalue weighted by molar-refractivity contribution is -0.137. The highest BCUT2D eigenvalue weighted by Crippen LogP contribution is 2.30. The normalized spacial score (nSPS) is 10.9. The fraction of sp³-hybridized carbons (Fsp3) is 0.111. The lowest BCUT2D eigenvalue weighted by Gasteiger charge is -2.08. The van der Waals surface area contributed by atoms with Crippen LogP contribution in [0.1, 0.15) is 11.1 Å². The van der Waals surface area contributed by atoms with Crippen molar-refractivity contribution in [2.45, 2.75) is 6.18 Å². The topological polar surface area (TPSA) is 104 Å². The third-order valence-corrected chi connectivity index (χ3v) is 3.20. The maximum Gasteiger partial charge on any atom is 0.416 e. The third-order valence-electron chi connectivity index (χ3n) is 3.20. The number of rotatable bonds is 6. The fourth-order valence-corrected chi connectivity index (χ4v) is 1.95. The molecule has 2 aromatic carbocycles. The first-order valence-electron chi connectivity index (χ1n) is 7.71. The highest BCUT2D eigenvalue weighted by Gasteiger charge is 2.30. The van der Waals surface area contributed by atoms with Gasteiger partial charge in [-0.2, -0.15) is 18.4 Å². The summed E-state index contributed by atoms with van der Waals surface area (Å²) in [4.78, 5) is 27.9. The molecule has 2 aromatic rings.